The number of hydrogen-bond donors (Lipinski definition) is 2. The molecule has 0 saturated carbocycles. The molecule has 0 aliphatic carbocycles. The second kappa shape index (κ2) is 4.58. The number of fused-ring (bicyclic) bond motifs is 2. The van der Waals surface area contributed by atoms with Gasteiger partial charge in [0.05, 0.1) is 12.0 Å². The second-order valence-electron chi connectivity index (χ2n) is 5.80. The number of hydrogen-bond acceptors (Lipinski definition) is 3. The van der Waals surface area contributed by atoms with Crippen molar-refractivity contribution in [2.45, 2.75) is 56.7 Å². The van der Waals surface area contributed by atoms with E-state index in [4.69, 9.17) is 0 Å². The molecule has 3 aliphatic rings. The van der Waals surface area contributed by atoms with E-state index in [1.807, 2.05) is 0 Å². The van der Waals surface area contributed by atoms with Crippen molar-refractivity contribution in [3.63, 3.8) is 0 Å². The maximum absolute atomic E-state index is 12.5. The molecule has 0 radical (unpaired) electrons. The molecule has 3 aliphatic heterocycles. The van der Waals surface area contributed by atoms with Gasteiger partial charge in [-0.1, -0.05) is 0 Å². The minimum absolute atomic E-state index is 0.180. The Balaban J connectivity index is 1.69. The predicted octanol–water partition coefficient (Wildman–Crippen LogP) is 0.500. The smallest absolute Gasteiger partial charge is 0.227 e. The molecule has 4 heteroatoms. The third-order valence-electron chi connectivity index (χ3n) is 4.61. The van der Waals surface area contributed by atoms with Gasteiger partial charge in [-0.2, -0.15) is 0 Å². The number of carbonyl (C=O) groups is 1. The Bertz CT molecular complexity index is 288. The van der Waals surface area contributed by atoms with E-state index in [2.05, 4.69) is 10.2 Å². The van der Waals surface area contributed by atoms with Crippen molar-refractivity contribution in [3.8, 4) is 0 Å². The second-order valence-corrected chi connectivity index (χ2v) is 5.80. The van der Waals surface area contributed by atoms with Gasteiger partial charge in [0.25, 0.3) is 0 Å². The molecule has 96 valence electrons. The lowest BCUT2D eigenvalue weighted by Gasteiger charge is -2.39. The first-order valence-corrected chi connectivity index (χ1v) is 6.96. The van der Waals surface area contributed by atoms with Crippen LogP contribution in [-0.4, -0.2) is 47.2 Å². The fourth-order valence-corrected chi connectivity index (χ4v) is 3.78. The number of carbonyl (C=O) groups excluding carboxylic acids is 1. The monoisotopic (exact) mass is 238 g/mol. The van der Waals surface area contributed by atoms with Crippen LogP contribution in [0.1, 0.15) is 38.5 Å². The van der Waals surface area contributed by atoms with Crippen LogP contribution in [0, 0.1) is 5.92 Å². The highest BCUT2D eigenvalue weighted by Gasteiger charge is 2.44. The fourth-order valence-electron chi connectivity index (χ4n) is 3.78. The molecule has 3 unspecified atom stereocenters. The number of rotatable bonds is 1. The molecule has 0 spiro atoms. The SMILES string of the molecule is O=C(C1CCCNC1)N1C2CCC1CC(O)C2. The Morgan fingerprint density at radius 2 is 1.88 bits per heavy atom. The summed E-state index contributed by atoms with van der Waals surface area (Å²) in [6, 6.07) is 0.636. The molecule has 3 fully saturated rings. The first-order chi connectivity index (χ1) is 8.25. The van der Waals surface area contributed by atoms with Crippen LogP contribution < -0.4 is 5.32 Å². The Labute approximate surface area is 102 Å². The van der Waals surface area contributed by atoms with E-state index in [1.54, 1.807) is 0 Å². The number of amides is 1. The van der Waals surface area contributed by atoms with E-state index in [0.717, 1.165) is 51.6 Å². The minimum Gasteiger partial charge on any atom is -0.393 e. The molecule has 3 atom stereocenters. The molecule has 3 saturated heterocycles. The van der Waals surface area contributed by atoms with E-state index in [1.165, 1.54) is 0 Å². The quantitative estimate of drug-likeness (QED) is 0.699. The third kappa shape index (κ3) is 2.08. The Kier molecular flexibility index (Phi) is 3.09. The van der Waals surface area contributed by atoms with Crippen molar-refractivity contribution in [2.75, 3.05) is 13.1 Å². The predicted molar refractivity (Wildman–Crippen MR) is 64.5 cm³/mol. The van der Waals surface area contributed by atoms with Crippen molar-refractivity contribution in [3.05, 3.63) is 0 Å². The van der Waals surface area contributed by atoms with Crippen molar-refractivity contribution >= 4 is 5.91 Å². The highest BCUT2D eigenvalue weighted by molar-refractivity contribution is 5.80. The van der Waals surface area contributed by atoms with Gasteiger partial charge in [0.1, 0.15) is 0 Å². The van der Waals surface area contributed by atoms with Gasteiger partial charge in [-0.15, -0.1) is 0 Å². The van der Waals surface area contributed by atoms with Crippen LogP contribution >= 0.6 is 0 Å². The first-order valence-electron chi connectivity index (χ1n) is 6.96. The zero-order valence-electron chi connectivity index (χ0n) is 10.3. The molecule has 0 aromatic heterocycles. The minimum atomic E-state index is -0.180. The van der Waals surface area contributed by atoms with Crippen LogP contribution in [0.15, 0.2) is 0 Å². The highest BCUT2D eigenvalue weighted by atomic mass is 16.3. The fraction of sp³-hybridized carbons (Fsp3) is 0.923. The lowest BCUT2D eigenvalue weighted by molar-refractivity contribution is -0.142. The van der Waals surface area contributed by atoms with Crippen LogP contribution in [0.4, 0.5) is 0 Å². The van der Waals surface area contributed by atoms with Gasteiger partial charge >= 0.3 is 0 Å². The van der Waals surface area contributed by atoms with Crippen molar-refractivity contribution in [1.82, 2.24) is 10.2 Å². The lowest BCUT2D eigenvalue weighted by Crippen LogP contribution is -2.52. The number of nitrogens with zero attached hydrogens (tertiary/aromatic N) is 1. The largest absolute Gasteiger partial charge is 0.393 e. The highest BCUT2D eigenvalue weighted by Crippen LogP contribution is 2.37. The summed E-state index contributed by atoms with van der Waals surface area (Å²) >= 11 is 0. The first kappa shape index (κ1) is 11.5. The molecule has 2 bridgehead atoms. The van der Waals surface area contributed by atoms with Gasteiger partial charge in [0.15, 0.2) is 0 Å². The molecule has 3 rings (SSSR count). The van der Waals surface area contributed by atoms with Gasteiger partial charge in [-0.05, 0) is 45.1 Å². The molecular weight excluding hydrogens is 216 g/mol. The molecule has 17 heavy (non-hydrogen) atoms. The van der Waals surface area contributed by atoms with Crippen LogP contribution in [-0.2, 0) is 4.79 Å². The van der Waals surface area contributed by atoms with E-state index < -0.39 is 0 Å². The summed E-state index contributed by atoms with van der Waals surface area (Å²) in [5.41, 5.74) is 0. The normalized spacial score (nSPS) is 41.6. The van der Waals surface area contributed by atoms with Crippen LogP contribution in [0.2, 0.25) is 0 Å². The molecule has 0 aromatic rings. The van der Waals surface area contributed by atoms with Crippen LogP contribution in [0.5, 0.6) is 0 Å². The standard InChI is InChI=1S/C13H22N2O2/c16-12-6-10-3-4-11(7-12)15(10)13(17)9-2-1-5-14-8-9/h9-12,14,16H,1-8H2. The summed E-state index contributed by atoms with van der Waals surface area (Å²) in [5, 5.41) is 13.1. The Morgan fingerprint density at radius 3 is 2.47 bits per heavy atom. The van der Waals surface area contributed by atoms with Gasteiger partial charge in [-0.3, -0.25) is 4.79 Å². The Hall–Kier alpha value is -0.610. The number of nitrogens with one attached hydrogen (secondary N) is 1. The van der Waals surface area contributed by atoms with Crippen LogP contribution in [0.25, 0.3) is 0 Å². The summed E-state index contributed by atoms with van der Waals surface area (Å²) in [6.07, 6.45) is 5.74. The molecule has 0 aromatic carbocycles. The van der Waals surface area contributed by atoms with Gasteiger partial charge in [-0.25, -0.2) is 0 Å². The lowest BCUT2D eigenvalue weighted by atomic mass is 9.93. The summed E-state index contributed by atoms with van der Waals surface area (Å²) in [7, 11) is 0. The van der Waals surface area contributed by atoms with Crippen molar-refractivity contribution in [2.24, 2.45) is 5.92 Å². The average molecular weight is 238 g/mol. The third-order valence-corrected chi connectivity index (χ3v) is 4.61. The summed E-state index contributed by atoms with van der Waals surface area (Å²) < 4.78 is 0. The van der Waals surface area contributed by atoms with Gasteiger partial charge in [0.2, 0.25) is 5.91 Å². The van der Waals surface area contributed by atoms with E-state index in [0.29, 0.717) is 18.0 Å². The van der Waals surface area contributed by atoms with E-state index in [-0.39, 0.29) is 12.0 Å². The maximum Gasteiger partial charge on any atom is 0.227 e. The van der Waals surface area contributed by atoms with Crippen molar-refractivity contribution in [1.29, 1.82) is 0 Å². The summed E-state index contributed by atoms with van der Waals surface area (Å²) in [5.74, 6) is 0.527. The Morgan fingerprint density at radius 1 is 1.18 bits per heavy atom. The zero-order valence-corrected chi connectivity index (χ0v) is 10.3. The average Bonchev–Trinajstić information content (AvgIpc) is 2.62. The number of aliphatic hydroxyl groups is 1. The van der Waals surface area contributed by atoms with E-state index in [9.17, 15) is 9.90 Å². The topological polar surface area (TPSA) is 52.6 Å². The summed E-state index contributed by atoms with van der Waals surface area (Å²) in [4.78, 5) is 14.6. The van der Waals surface area contributed by atoms with E-state index >= 15 is 0 Å². The maximum atomic E-state index is 12.5. The number of aliphatic hydroxyl groups excluding tert-OH is 1. The molecule has 1 amide bonds. The van der Waals surface area contributed by atoms with Crippen LogP contribution in [0.3, 0.4) is 0 Å². The molecule has 2 N–H and O–H groups in total. The molecule has 3 heterocycles. The number of piperidine rings is 2. The molecule has 4 nitrogen and oxygen atoms in total. The van der Waals surface area contributed by atoms with Crippen molar-refractivity contribution < 1.29 is 9.90 Å². The molecular formula is C13H22N2O2. The van der Waals surface area contributed by atoms with Gasteiger partial charge < -0.3 is 15.3 Å². The zero-order chi connectivity index (χ0) is 11.8. The summed E-state index contributed by atoms with van der Waals surface area (Å²) in [6.45, 7) is 1.90. The van der Waals surface area contributed by atoms with Gasteiger partial charge in [0, 0.05) is 18.6 Å².